The Morgan fingerprint density at radius 3 is 2.58 bits per heavy atom. The molecule has 0 spiro atoms. The Hall–Kier alpha value is -2.85. The fourth-order valence-corrected chi connectivity index (χ4v) is 3.29. The number of benzene rings is 3. The van der Waals surface area contributed by atoms with E-state index in [-0.39, 0.29) is 11.7 Å². The molecule has 0 heterocycles. The minimum absolute atomic E-state index is 0.0249. The molecule has 3 aromatic rings. The fraction of sp³-hybridized carbons (Fsp3) is 0.227. The van der Waals surface area contributed by atoms with Crippen molar-refractivity contribution in [2.45, 2.75) is 19.9 Å². The van der Waals surface area contributed by atoms with Crippen LogP contribution >= 0.6 is 0 Å². The van der Waals surface area contributed by atoms with E-state index in [0.717, 1.165) is 38.9 Å². The van der Waals surface area contributed by atoms with Crippen molar-refractivity contribution >= 4 is 22.4 Å². The van der Waals surface area contributed by atoms with Gasteiger partial charge in [-0.05, 0) is 34.9 Å². The summed E-state index contributed by atoms with van der Waals surface area (Å²) in [4.78, 5) is 13.5. The summed E-state index contributed by atoms with van der Waals surface area (Å²) >= 11 is 0. The lowest BCUT2D eigenvalue weighted by Crippen LogP contribution is -3.08. The maximum Gasteiger partial charge on any atom is 0.279 e. The largest absolute Gasteiger partial charge is 0.507 e. The molecule has 3 aromatic carbocycles. The number of amides is 1. The van der Waals surface area contributed by atoms with Crippen LogP contribution in [0, 0.1) is 0 Å². The third kappa shape index (κ3) is 4.03. The van der Waals surface area contributed by atoms with Gasteiger partial charge in [0.05, 0.1) is 12.6 Å². The molecule has 26 heavy (non-hydrogen) atoms. The average Bonchev–Trinajstić information content (AvgIpc) is 2.64. The number of carbonyl (C=O) groups is 1. The van der Waals surface area contributed by atoms with Crippen LogP contribution in [0.4, 0.5) is 5.69 Å². The monoisotopic (exact) mass is 349 g/mol. The number of phenols is 1. The van der Waals surface area contributed by atoms with Crippen LogP contribution in [0.5, 0.6) is 5.75 Å². The summed E-state index contributed by atoms with van der Waals surface area (Å²) in [7, 11) is 1.96. The van der Waals surface area contributed by atoms with Crippen LogP contribution in [0.15, 0.2) is 60.7 Å². The van der Waals surface area contributed by atoms with Crippen LogP contribution in [-0.2, 0) is 17.8 Å². The number of aromatic hydroxyl groups is 1. The van der Waals surface area contributed by atoms with Gasteiger partial charge in [-0.2, -0.15) is 0 Å². The second kappa shape index (κ2) is 8.02. The second-order valence-corrected chi connectivity index (χ2v) is 6.65. The second-order valence-electron chi connectivity index (χ2n) is 6.65. The third-order valence-electron chi connectivity index (χ3n) is 4.63. The average molecular weight is 349 g/mol. The van der Waals surface area contributed by atoms with E-state index in [4.69, 9.17) is 0 Å². The first-order valence-electron chi connectivity index (χ1n) is 8.97. The van der Waals surface area contributed by atoms with Gasteiger partial charge in [-0.3, -0.25) is 4.79 Å². The van der Waals surface area contributed by atoms with Crippen LogP contribution in [0.25, 0.3) is 10.8 Å². The topological polar surface area (TPSA) is 53.8 Å². The summed E-state index contributed by atoms with van der Waals surface area (Å²) in [6.07, 6.45) is 0.878. The number of rotatable bonds is 6. The van der Waals surface area contributed by atoms with E-state index < -0.39 is 0 Å². The van der Waals surface area contributed by atoms with Gasteiger partial charge in [-0.15, -0.1) is 0 Å². The number of hydrogen-bond acceptors (Lipinski definition) is 2. The molecule has 0 aromatic heterocycles. The van der Waals surface area contributed by atoms with Crippen molar-refractivity contribution in [3.05, 3.63) is 71.8 Å². The summed E-state index contributed by atoms with van der Waals surface area (Å²) in [5.74, 6) is 0.253. The van der Waals surface area contributed by atoms with Crippen molar-refractivity contribution in [2.24, 2.45) is 0 Å². The molecular formula is C22H25N2O2+. The lowest BCUT2D eigenvalue weighted by Gasteiger charge is -2.17. The van der Waals surface area contributed by atoms with Gasteiger partial charge in [0.25, 0.3) is 5.91 Å². The van der Waals surface area contributed by atoms with E-state index in [1.165, 1.54) is 0 Å². The maximum absolute atomic E-state index is 12.4. The van der Waals surface area contributed by atoms with E-state index in [9.17, 15) is 9.90 Å². The zero-order valence-corrected chi connectivity index (χ0v) is 15.3. The lowest BCUT2D eigenvalue weighted by atomic mass is 10.0. The van der Waals surface area contributed by atoms with E-state index in [1.54, 1.807) is 6.07 Å². The van der Waals surface area contributed by atoms with Crippen LogP contribution in [0.2, 0.25) is 0 Å². The molecule has 0 aliphatic heterocycles. The first kappa shape index (κ1) is 18.0. The maximum atomic E-state index is 12.4. The number of aryl methyl sites for hydroxylation is 1. The summed E-state index contributed by atoms with van der Waals surface area (Å²) in [5.41, 5.74) is 2.88. The predicted octanol–water partition coefficient (Wildman–Crippen LogP) is 2.76. The van der Waals surface area contributed by atoms with Crippen molar-refractivity contribution < 1.29 is 14.8 Å². The number of fused-ring (bicyclic) bond motifs is 1. The molecular weight excluding hydrogens is 324 g/mol. The number of anilines is 1. The molecule has 0 aliphatic carbocycles. The Balaban J connectivity index is 1.70. The van der Waals surface area contributed by atoms with Gasteiger partial charge in [0.1, 0.15) is 12.3 Å². The van der Waals surface area contributed by atoms with Crippen molar-refractivity contribution in [2.75, 3.05) is 18.9 Å². The van der Waals surface area contributed by atoms with E-state index in [0.29, 0.717) is 13.1 Å². The van der Waals surface area contributed by atoms with Gasteiger partial charge in [0, 0.05) is 5.69 Å². The number of phenolic OH excluding ortho intramolecular Hbond substituents is 1. The molecule has 0 aliphatic rings. The Morgan fingerprint density at radius 1 is 1.04 bits per heavy atom. The standard InChI is InChI=1S/C22H24N2O2/c1-3-16-8-5-7-11-20(16)23-22(26)15-24(2)14-19-18-10-6-4-9-17(18)12-13-21(19)25/h4-13,25H,3,14-15H2,1-2H3,(H,23,26)/p+1. The fourth-order valence-electron chi connectivity index (χ4n) is 3.29. The molecule has 134 valence electrons. The number of carbonyl (C=O) groups excluding carboxylic acids is 1. The third-order valence-corrected chi connectivity index (χ3v) is 4.63. The van der Waals surface area contributed by atoms with Crippen LogP contribution in [0.1, 0.15) is 18.1 Å². The first-order chi connectivity index (χ1) is 12.6. The van der Waals surface area contributed by atoms with Crippen LogP contribution < -0.4 is 10.2 Å². The number of quaternary nitrogens is 1. The molecule has 3 N–H and O–H groups in total. The quantitative estimate of drug-likeness (QED) is 0.641. The molecule has 0 radical (unpaired) electrons. The van der Waals surface area contributed by atoms with E-state index in [1.807, 2.05) is 61.6 Å². The highest BCUT2D eigenvalue weighted by Gasteiger charge is 2.16. The Morgan fingerprint density at radius 2 is 1.77 bits per heavy atom. The summed E-state index contributed by atoms with van der Waals surface area (Å²) < 4.78 is 0. The SMILES string of the molecule is CCc1ccccc1NC(=O)C[NH+](C)Cc1c(O)ccc2ccccc12. The first-order valence-corrected chi connectivity index (χ1v) is 8.97. The predicted molar refractivity (Wildman–Crippen MR) is 106 cm³/mol. The highest BCUT2D eigenvalue weighted by atomic mass is 16.3. The smallest absolute Gasteiger partial charge is 0.279 e. The summed E-state index contributed by atoms with van der Waals surface area (Å²) in [6, 6.07) is 19.5. The van der Waals surface area contributed by atoms with Crippen LogP contribution in [0.3, 0.4) is 0 Å². The van der Waals surface area contributed by atoms with E-state index in [2.05, 4.69) is 12.2 Å². The van der Waals surface area contributed by atoms with Crippen molar-refractivity contribution in [1.29, 1.82) is 0 Å². The van der Waals surface area contributed by atoms with Crippen LogP contribution in [-0.4, -0.2) is 24.6 Å². The Kier molecular flexibility index (Phi) is 5.54. The molecule has 1 unspecified atom stereocenters. The molecule has 4 heteroatoms. The highest BCUT2D eigenvalue weighted by molar-refractivity contribution is 5.92. The number of hydrogen-bond donors (Lipinski definition) is 3. The number of likely N-dealkylation sites (N-methyl/N-ethyl adjacent to an activating group) is 1. The normalized spacial score (nSPS) is 12.1. The van der Waals surface area contributed by atoms with Crippen molar-refractivity contribution in [3.8, 4) is 5.75 Å². The molecule has 0 fully saturated rings. The summed E-state index contributed by atoms with van der Waals surface area (Å²) in [5, 5.41) is 15.4. The summed E-state index contributed by atoms with van der Waals surface area (Å²) in [6.45, 7) is 2.99. The zero-order valence-electron chi connectivity index (χ0n) is 15.3. The minimum atomic E-state index is -0.0249. The zero-order chi connectivity index (χ0) is 18.5. The molecule has 0 saturated heterocycles. The van der Waals surface area contributed by atoms with Crippen molar-refractivity contribution in [1.82, 2.24) is 0 Å². The molecule has 0 saturated carbocycles. The molecule has 0 bridgehead atoms. The Labute approximate surface area is 154 Å². The number of nitrogens with one attached hydrogen (secondary N) is 2. The van der Waals surface area contributed by atoms with E-state index >= 15 is 0 Å². The number of para-hydroxylation sites is 1. The molecule has 4 nitrogen and oxygen atoms in total. The highest BCUT2D eigenvalue weighted by Crippen LogP contribution is 2.26. The molecule has 3 rings (SSSR count). The van der Waals surface area contributed by atoms with Gasteiger partial charge in [0.15, 0.2) is 6.54 Å². The molecule has 1 atom stereocenters. The minimum Gasteiger partial charge on any atom is -0.507 e. The Bertz CT molecular complexity index is 921. The van der Waals surface area contributed by atoms with Gasteiger partial charge < -0.3 is 15.3 Å². The van der Waals surface area contributed by atoms with Crippen molar-refractivity contribution in [3.63, 3.8) is 0 Å². The molecule has 1 amide bonds. The van der Waals surface area contributed by atoms with Gasteiger partial charge in [-0.25, -0.2) is 0 Å². The lowest BCUT2D eigenvalue weighted by molar-refractivity contribution is -0.885. The van der Waals surface area contributed by atoms with Gasteiger partial charge in [-0.1, -0.05) is 55.5 Å². The van der Waals surface area contributed by atoms with Gasteiger partial charge in [0.2, 0.25) is 0 Å². The van der Waals surface area contributed by atoms with Gasteiger partial charge >= 0.3 is 0 Å².